The number of sulfonamides is 1. The van der Waals surface area contributed by atoms with Crippen molar-refractivity contribution < 1.29 is 13.2 Å². The molecular formula is C24H30N2O3S. The maximum absolute atomic E-state index is 13.1. The fourth-order valence-corrected chi connectivity index (χ4v) is 5.97. The van der Waals surface area contributed by atoms with Gasteiger partial charge in [0, 0.05) is 18.2 Å². The number of aryl methyl sites for hydroxylation is 1. The number of benzene rings is 2. The van der Waals surface area contributed by atoms with Crippen molar-refractivity contribution in [2.75, 3.05) is 10.8 Å². The minimum Gasteiger partial charge on any atom is -0.349 e. The van der Waals surface area contributed by atoms with Gasteiger partial charge in [0.25, 0.3) is 15.9 Å². The van der Waals surface area contributed by atoms with E-state index in [1.807, 2.05) is 25.1 Å². The van der Waals surface area contributed by atoms with Crippen LogP contribution in [0.5, 0.6) is 0 Å². The van der Waals surface area contributed by atoms with Crippen LogP contribution in [0.15, 0.2) is 47.4 Å². The van der Waals surface area contributed by atoms with E-state index in [0.717, 1.165) is 24.0 Å². The Morgan fingerprint density at radius 2 is 1.63 bits per heavy atom. The molecule has 0 aromatic heterocycles. The summed E-state index contributed by atoms with van der Waals surface area (Å²) < 4.78 is 27.7. The summed E-state index contributed by atoms with van der Waals surface area (Å²) in [7, 11) is -3.60. The molecule has 0 unspecified atom stereocenters. The van der Waals surface area contributed by atoms with Crippen molar-refractivity contribution in [2.45, 2.75) is 69.2 Å². The van der Waals surface area contributed by atoms with Gasteiger partial charge in [-0.2, -0.15) is 0 Å². The smallest absolute Gasteiger partial charge is 0.264 e. The normalized spacial score (nSPS) is 17.8. The molecule has 1 N–H and O–H groups in total. The lowest BCUT2D eigenvalue weighted by Crippen LogP contribution is -2.35. The molecule has 1 aliphatic carbocycles. The Kier molecular flexibility index (Phi) is 6.14. The predicted octanol–water partition coefficient (Wildman–Crippen LogP) is 4.59. The summed E-state index contributed by atoms with van der Waals surface area (Å²) in [5.41, 5.74) is 3.23. The highest BCUT2D eigenvalue weighted by molar-refractivity contribution is 7.92. The van der Waals surface area contributed by atoms with Crippen LogP contribution < -0.4 is 9.62 Å². The molecule has 1 saturated carbocycles. The molecular weight excluding hydrogens is 396 g/mol. The van der Waals surface area contributed by atoms with Crippen LogP contribution >= 0.6 is 0 Å². The Hall–Kier alpha value is -2.34. The van der Waals surface area contributed by atoms with Crippen molar-refractivity contribution in [3.8, 4) is 0 Å². The third-order valence-electron chi connectivity index (χ3n) is 6.24. The highest BCUT2D eigenvalue weighted by Gasteiger charge is 2.31. The minimum atomic E-state index is -3.60. The topological polar surface area (TPSA) is 66.5 Å². The van der Waals surface area contributed by atoms with E-state index in [-0.39, 0.29) is 11.9 Å². The van der Waals surface area contributed by atoms with Gasteiger partial charge in [-0.15, -0.1) is 0 Å². The third kappa shape index (κ3) is 4.38. The van der Waals surface area contributed by atoms with Gasteiger partial charge in [-0.05, 0) is 62.1 Å². The number of carbonyl (C=O) groups excluding carboxylic acids is 1. The Bertz CT molecular complexity index is 1010. The SMILES string of the molecule is Cc1ccc(S(=O)(=O)N2CCc3cc(C(=O)NC4CCCCCCC4)ccc32)cc1. The molecule has 0 saturated heterocycles. The van der Waals surface area contributed by atoms with Crippen LogP contribution in [-0.2, 0) is 16.4 Å². The van der Waals surface area contributed by atoms with Gasteiger partial charge in [-0.25, -0.2) is 8.42 Å². The molecule has 2 aliphatic rings. The van der Waals surface area contributed by atoms with E-state index in [0.29, 0.717) is 29.1 Å². The number of nitrogens with zero attached hydrogens (tertiary/aromatic N) is 1. The van der Waals surface area contributed by atoms with Gasteiger partial charge < -0.3 is 5.32 Å². The average Bonchev–Trinajstić information content (AvgIpc) is 3.14. The first kappa shape index (κ1) is 20.9. The summed E-state index contributed by atoms with van der Waals surface area (Å²) in [5, 5.41) is 3.20. The van der Waals surface area contributed by atoms with Crippen LogP contribution in [0.25, 0.3) is 0 Å². The van der Waals surface area contributed by atoms with Gasteiger partial charge in [0.1, 0.15) is 0 Å². The lowest BCUT2D eigenvalue weighted by atomic mass is 9.96. The summed E-state index contributed by atoms with van der Waals surface area (Å²) in [6.07, 6.45) is 8.83. The van der Waals surface area contributed by atoms with Gasteiger partial charge in [0.05, 0.1) is 10.6 Å². The van der Waals surface area contributed by atoms with Crippen molar-refractivity contribution in [3.63, 3.8) is 0 Å². The Balaban J connectivity index is 1.50. The molecule has 5 nitrogen and oxygen atoms in total. The lowest BCUT2D eigenvalue weighted by Gasteiger charge is -2.22. The molecule has 2 aromatic rings. The number of fused-ring (bicyclic) bond motifs is 1. The van der Waals surface area contributed by atoms with Crippen molar-refractivity contribution in [1.29, 1.82) is 0 Å². The zero-order chi connectivity index (χ0) is 21.1. The monoisotopic (exact) mass is 426 g/mol. The molecule has 0 spiro atoms. The number of rotatable bonds is 4. The van der Waals surface area contributed by atoms with Gasteiger partial charge in [0.2, 0.25) is 0 Å². The first-order chi connectivity index (χ1) is 14.4. The van der Waals surface area contributed by atoms with Crippen molar-refractivity contribution in [3.05, 3.63) is 59.2 Å². The van der Waals surface area contributed by atoms with Crippen LogP contribution in [-0.4, -0.2) is 26.9 Å². The zero-order valence-electron chi connectivity index (χ0n) is 17.6. The number of nitrogens with one attached hydrogen (secondary N) is 1. The standard InChI is InChI=1S/C24H30N2O3S/c1-18-9-12-22(13-10-18)30(28,29)26-16-15-19-17-20(11-14-23(19)26)24(27)25-21-7-5-3-2-4-6-8-21/h9-14,17,21H,2-8,15-16H2,1H3,(H,25,27). The maximum Gasteiger partial charge on any atom is 0.264 e. The van der Waals surface area contributed by atoms with Crippen molar-refractivity contribution in [1.82, 2.24) is 5.32 Å². The number of hydrogen-bond acceptors (Lipinski definition) is 3. The molecule has 6 heteroatoms. The van der Waals surface area contributed by atoms with E-state index < -0.39 is 10.0 Å². The largest absolute Gasteiger partial charge is 0.349 e. The average molecular weight is 427 g/mol. The Morgan fingerprint density at radius 1 is 0.967 bits per heavy atom. The molecule has 0 radical (unpaired) electrons. The minimum absolute atomic E-state index is 0.0526. The van der Waals surface area contributed by atoms with E-state index in [2.05, 4.69) is 5.32 Å². The summed E-state index contributed by atoms with van der Waals surface area (Å²) in [6.45, 7) is 2.34. The van der Waals surface area contributed by atoms with Gasteiger partial charge >= 0.3 is 0 Å². The molecule has 1 heterocycles. The Labute approximate surface area is 179 Å². The molecule has 1 fully saturated rings. The highest BCUT2D eigenvalue weighted by Crippen LogP contribution is 2.33. The van der Waals surface area contributed by atoms with Crippen LogP contribution in [0.1, 0.15) is 66.4 Å². The molecule has 4 rings (SSSR count). The zero-order valence-corrected chi connectivity index (χ0v) is 18.4. The predicted molar refractivity (Wildman–Crippen MR) is 119 cm³/mol. The van der Waals surface area contributed by atoms with E-state index in [1.165, 1.54) is 36.4 Å². The quantitative estimate of drug-likeness (QED) is 0.778. The highest BCUT2D eigenvalue weighted by atomic mass is 32.2. The molecule has 1 amide bonds. The van der Waals surface area contributed by atoms with E-state index in [4.69, 9.17) is 0 Å². The first-order valence-corrected chi connectivity index (χ1v) is 12.4. The van der Waals surface area contributed by atoms with Crippen LogP contribution in [0.2, 0.25) is 0 Å². The maximum atomic E-state index is 13.1. The lowest BCUT2D eigenvalue weighted by molar-refractivity contribution is 0.0930. The molecule has 2 aromatic carbocycles. The van der Waals surface area contributed by atoms with Crippen LogP contribution in [0.3, 0.4) is 0 Å². The van der Waals surface area contributed by atoms with Crippen molar-refractivity contribution >= 4 is 21.6 Å². The molecule has 0 bridgehead atoms. The second kappa shape index (κ2) is 8.80. The second-order valence-corrected chi connectivity index (χ2v) is 10.4. The van der Waals surface area contributed by atoms with Gasteiger partial charge in [-0.1, -0.05) is 49.8 Å². The molecule has 1 aliphatic heterocycles. The van der Waals surface area contributed by atoms with Gasteiger partial charge in [0.15, 0.2) is 0 Å². The Morgan fingerprint density at radius 3 is 2.33 bits per heavy atom. The fourth-order valence-electron chi connectivity index (χ4n) is 4.47. The molecule has 30 heavy (non-hydrogen) atoms. The summed E-state index contributed by atoms with van der Waals surface area (Å²) in [5.74, 6) is -0.0526. The van der Waals surface area contributed by atoms with E-state index in [9.17, 15) is 13.2 Å². The van der Waals surface area contributed by atoms with Gasteiger partial charge in [-0.3, -0.25) is 9.10 Å². The second-order valence-electron chi connectivity index (χ2n) is 8.50. The first-order valence-electron chi connectivity index (χ1n) is 11.0. The molecule has 160 valence electrons. The van der Waals surface area contributed by atoms with Crippen LogP contribution in [0.4, 0.5) is 5.69 Å². The fraction of sp³-hybridized carbons (Fsp3) is 0.458. The van der Waals surface area contributed by atoms with E-state index in [1.54, 1.807) is 24.3 Å². The number of anilines is 1. The van der Waals surface area contributed by atoms with E-state index >= 15 is 0 Å². The van der Waals surface area contributed by atoms with Crippen molar-refractivity contribution in [2.24, 2.45) is 0 Å². The summed E-state index contributed by atoms with van der Waals surface area (Å²) in [6, 6.07) is 12.6. The number of hydrogen-bond donors (Lipinski definition) is 1. The summed E-state index contributed by atoms with van der Waals surface area (Å²) >= 11 is 0. The third-order valence-corrected chi connectivity index (χ3v) is 8.07. The number of amides is 1. The number of carbonyl (C=O) groups is 1. The summed E-state index contributed by atoms with van der Waals surface area (Å²) in [4.78, 5) is 13.1. The van der Waals surface area contributed by atoms with Crippen LogP contribution in [0, 0.1) is 6.92 Å². The molecule has 0 atom stereocenters.